The molecule has 21 heavy (non-hydrogen) atoms. The summed E-state index contributed by atoms with van der Waals surface area (Å²) in [6, 6.07) is 5.51. The van der Waals surface area contributed by atoms with E-state index >= 15 is 0 Å². The standard InChI is InChI=1S/C14H18BrN3O3/c15-13-7-11(18(19)20)3-4-14(13)16-8-12-9-17(5-6-21-12)10-1-2-10/h3-4,7,10,12,16H,1-2,5-6,8-9H2. The smallest absolute Gasteiger partial charge is 0.270 e. The van der Waals surface area contributed by atoms with Crippen LogP contribution in [0.25, 0.3) is 0 Å². The quantitative estimate of drug-likeness (QED) is 0.649. The molecule has 6 nitrogen and oxygen atoms in total. The van der Waals surface area contributed by atoms with E-state index in [-0.39, 0.29) is 11.8 Å². The molecule has 1 atom stereocenters. The largest absolute Gasteiger partial charge is 0.381 e. The summed E-state index contributed by atoms with van der Waals surface area (Å²) in [7, 11) is 0. The van der Waals surface area contributed by atoms with Gasteiger partial charge in [0, 0.05) is 48.0 Å². The third kappa shape index (κ3) is 3.72. The minimum absolute atomic E-state index is 0.0845. The van der Waals surface area contributed by atoms with Crippen molar-refractivity contribution < 1.29 is 9.66 Å². The molecule has 114 valence electrons. The summed E-state index contributed by atoms with van der Waals surface area (Å²) in [4.78, 5) is 12.8. The second-order valence-corrected chi connectivity index (χ2v) is 6.38. The van der Waals surface area contributed by atoms with Crippen LogP contribution < -0.4 is 5.32 Å². The van der Waals surface area contributed by atoms with Gasteiger partial charge in [-0.3, -0.25) is 15.0 Å². The van der Waals surface area contributed by atoms with Crippen LogP contribution in [-0.4, -0.2) is 48.2 Å². The number of nitrogens with zero attached hydrogens (tertiary/aromatic N) is 2. The maximum atomic E-state index is 10.7. The first-order valence-electron chi connectivity index (χ1n) is 7.17. The molecule has 0 aromatic heterocycles. The Morgan fingerprint density at radius 1 is 1.48 bits per heavy atom. The van der Waals surface area contributed by atoms with Gasteiger partial charge in [-0.15, -0.1) is 0 Å². The van der Waals surface area contributed by atoms with Gasteiger partial charge < -0.3 is 10.1 Å². The van der Waals surface area contributed by atoms with Gasteiger partial charge in [-0.05, 0) is 34.8 Å². The van der Waals surface area contributed by atoms with Crippen molar-refractivity contribution >= 4 is 27.3 Å². The monoisotopic (exact) mass is 355 g/mol. The number of rotatable bonds is 5. The maximum Gasteiger partial charge on any atom is 0.270 e. The minimum atomic E-state index is -0.397. The number of hydrogen-bond donors (Lipinski definition) is 1. The summed E-state index contributed by atoms with van der Waals surface area (Å²) in [5.41, 5.74) is 0.939. The Labute approximate surface area is 131 Å². The molecular weight excluding hydrogens is 338 g/mol. The predicted octanol–water partition coefficient (Wildman–Crippen LogP) is 2.63. The molecule has 3 rings (SSSR count). The van der Waals surface area contributed by atoms with E-state index in [4.69, 9.17) is 4.74 Å². The summed E-state index contributed by atoms with van der Waals surface area (Å²) < 4.78 is 6.48. The summed E-state index contributed by atoms with van der Waals surface area (Å²) in [5.74, 6) is 0. The lowest BCUT2D eigenvalue weighted by Crippen LogP contribution is -2.46. The molecule has 1 aromatic rings. The van der Waals surface area contributed by atoms with E-state index in [2.05, 4.69) is 26.1 Å². The number of nitro groups is 1. The molecule has 7 heteroatoms. The van der Waals surface area contributed by atoms with E-state index in [0.717, 1.165) is 31.4 Å². The fraction of sp³-hybridized carbons (Fsp3) is 0.571. The fourth-order valence-corrected chi connectivity index (χ4v) is 3.13. The zero-order valence-corrected chi connectivity index (χ0v) is 13.2. The molecule has 1 saturated carbocycles. The number of benzene rings is 1. The van der Waals surface area contributed by atoms with Crippen molar-refractivity contribution in [3.05, 3.63) is 32.8 Å². The van der Waals surface area contributed by atoms with Crippen molar-refractivity contribution in [2.75, 3.05) is 31.6 Å². The van der Waals surface area contributed by atoms with E-state index in [1.165, 1.54) is 25.0 Å². The number of non-ortho nitro benzene ring substituents is 1. The van der Waals surface area contributed by atoms with E-state index in [0.29, 0.717) is 11.0 Å². The van der Waals surface area contributed by atoms with E-state index in [1.54, 1.807) is 6.07 Å². The Morgan fingerprint density at radius 2 is 2.29 bits per heavy atom. The van der Waals surface area contributed by atoms with Crippen LogP contribution in [0.4, 0.5) is 11.4 Å². The van der Waals surface area contributed by atoms with Crippen LogP contribution >= 0.6 is 15.9 Å². The molecule has 0 bridgehead atoms. The number of nitro benzene ring substituents is 1. The maximum absolute atomic E-state index is 10.7. The van der Waals surface area contributed by atoms with Gasteiger partial charge in [0.1, 0.15) is 0 Å². The Kier molecular flexibility index (Phi) is 4.42. The van der Waals surface area contributed by atoms with Crippen molar-refractivity contribution in [3.63, 3.8) is 0 Å². The topological polar surface area (TPSA) is 67.6 Å². The molecule has 0 amide bonds. The van der Waals surface area contributed by atoms with E-state index in [9.17, 15) is 10.1 Å². The van der Waals surface area contributed by atoms with Crippen LogP contribution in [0.2, 0.25) is 0 Å². The lowest BCUT2D eigenvalue weighted by Gasteiger charge is -2.33. The fourth-order valence-electron chi connectivity index (χ4n) is 2.62. The predicted molar refractivity (Wildman–Crippen MR) is 83.6 cm³/mol. The number of anilines is 1. The first-order chi connectivity index (χ1) is 10.1. The van der Waals surface area contributed by atoms with Crippen LogP contribution in [0.3, 0.4) is 0 Å². The van der Waals surface area contributed by atoms with Gasteiger partial charge in [-0.1, -0.05) is 0 Å². The molecule has 2 aliphatic rings. The van der Waals surface area contributed by atoms with Gasteiger partial charge in [-0.2, -0.15) is 0 Å². The second kappa shape index (κ2) is 6.29. The molecule has 1 aliphatic heterocycles. The molecule has 0 radical (unpaired) electrons. The number of nitrogens with one attached hydrogen (secondary N) is 1. The zero-order valence-electron chi connectivity index (χ0n) is 11.6. The lowest BCUT2D eigenvalue weighted by molar-refractivity contribution is -0.384. The van der Waals surface area contributed by atoms with Crippen LogP contribution in [0.5, 0.6) is 0 Å². The van der Waals surface area contributed by atoms with E-state index in [1.807, 2.05) is 0 Å². The van der Waals surface area contributed by atoms with Crippen LogP contribution in [0, 0.1) is 10.1 Å². The highest BCUT2D eigenvalue weighted by atomic mass is 79.9. The molecule has 0 spiro atoms. The number of halogens is 1. The van der Waals surface area contributed by atoms with Gasteiger partial charge in [0.05, 0.1) is 17.6 Å². The summed E-state index contributed by atoms with van der Waals surface area (Å²) >= 11 is 3.37. The van der Waals surface area contributed by atoms with Gasteiger partial charge in [0.2, 0.25) is 0 Å². The third-order valence-corrected chi connectivity index (χ3v) is 4.57. The van der Waals surface area contributed by atoms with Crippen LogP contribution in [0.15, 0.2) is 22.7 Å². The summed E-state index contributed by atoms with van der Waals surface area (Å²) in [6.07, 6.45) is 2.80. The Bertz CT molecular complexity index is 536. The minimum Gasteiger partial charge on any atom is -0.381 e. The average Bonchev–Trinajstić information content (AvgIpc) is 3.31. The molecule has 2 fully saturated rings. The van der Waals surface area contributed by atoms with Crippen LogP contribution in [-0.2, 0) is 4.74 Å². The first-order valence-corrected chi connectivity index (χ1v) is 7.96. The van der Waals surface area contributed by atoms with Gasteiger partial charge in [0.15, 0.2) is 0 Å². The average molecular weight is 356 g/mol. The Hall–Kier alpha value is -1.18. The highest BCUT2D eigenvalue weighted by Crippen LogP contribution is 2.29. The van der Waals surface area contributed by atoms with Gasteiger partial charge in [0.25, 0.3) is 5.69 Å². The van der Waals surface area contributed by atoms with Gasteiger partial charge >= 0.3 is 0 Å². The van der Waals surface area contributed by atoms with Crippen LogP contribution in [0.1, 0.15) is 12.8 Å². The molecule has 1 aliphatic carbocycles. The molecule has 1 N–H and O–H groups in total. The normalized spacial score (nSPS) is 23.0. The van der Waals surface area contributed by atoms with Gasteiger partial charge in [-0.25, -0.2) is 0 Å². The molecule has 1 unspecified atom stereocenters. The van der Waals surface area contributed by atoms with E-state index < -0.39 is 4.92 Å². The molecular formula is C14H18BrN3O3. The highest BCUT2D eigenvalue weighted by molar-refractivity contribution is 9.10. The first kappa shape index (κ1) is 14.7. The zero-order chi connectivity index (χ0) is 14.8. The van der Waals surface area contributed by atoms with Crippen molar-refractivity contribution in [1.82, 2.24) is 4.90 Å². The Balaban J connectivity index is 1.55. The Morgan fingerprint density at radius 3 is 2.95 bits per heavy atom. The SMILES string of the molecule is O=[N+]([O-])c1ccc(NCC2CN(C3CC3)CCO2)c(Br)c1. The molecule has 1 aromatic carbocycles. The third-order valence-electron chi connectivity index (χ3n) is 3.92. The number of hydrogen-bond acceptors (Lipinski definition) is 5. The second-order valence-electron chi connectivity index (χ2n) is 5.52. The highest BCUT2D eigenvalue weighted by Gasteiger charge is 2.32. The molecule has 1 heterocycles. The van der Waals surface area contributed by atoms with Crippen molar-refractivity contribution in [1.29, 1.82) is 0 Å². The number of ether oxygens (including phenoxy) is 1. The number of morpholine rings is 1. The summed E-state index contributed by atoms with van der Waals surface area (Å²) in [5, 5.41) is 14.0. The molecule has 1 saturated heterocycles. The lowest BCUT2D eigenvalue weighted by atomic mass is 10.2. The van der Waals surface area contributed by atoms with Crippen molar-refractivity contribution in [2.45, 2.75) is 25.0 Å². The van der Waals surface area contributed by atoms with Crippen molar-refractivity contribution in [3.8, 4) is 0 Å². The van der Waals surface area contributed by atoms with Crippen molar-refractivity contribution in [2.24, 2.45) is 0 Å². The summed E-state index contributed by atoms with van der Waals surface area (Å²) in [6.45, 7) is 3.48.